The van der Waals surface area contributed by atoms with Crippen molar-refractivity contribution < 1.29 is 4.74 Å². The Balaban J connectivity index is 1.64. The quantitative estimate of drug-likeness (QED) is 0.855. The van der Waals surface area contributed by atoms with Crippen molar-refractivity contribution in [1.29, 1.82) is 0 Å². The predicted octanol–water partition coefficient (Wildman–Crippen LogP) is 2.54. The van der Waals surface area contributed by atoms with Crippen LogP contribution < -0.4 is 5.32 Å². The van der Waals surface area contributed by atoms with E-state index in [0.29, 0.717) is 11.5 Å². The molecule has 1 aromatic rings. The van der Waals surface area contributed by atoms with Crippen molar-refractivity contribution in [3.63, 3.8) is 0 Å². The van der Waals surface area contributed by atoms with Crippen LogP contribution in [0.2, 0.25) is 0 Å². The summed E-state index contributed by atoms with van der Waals surface area (Å²) in [5, 5.41) is 12.1. The van der Waals surface area contributed by atoms with E-state index in [-0.39, 0.29) is 5.60 Å². The van der Waals surface area contributed by atoms with Gasteiger partial charge in [0.05, 0.1) is 18.8 Å². The highest BCUT2D eigenvalue weighted by Gasteiger charge is 2.46. The number of nitrogens with zero attached hydrogens (tertiary/aromatic N) is 4. The van der Waals surface area contributed by atoms with Crippen LogP contribution in [-0.2, 0) is 11.3 Å². The summed E-state index contributed by atoms with van der Waals surface area (Å²) in [7, 11) is 4.14. The Morgan fingerprint density at radius 2 is 2.00 bits per heavy atom. The topological polar surface area (TPSA) is 55.2 Å². The Morgan fingerprint density at radius 3 is 2.60 bits per heavy atom. The molecule has 1 saturated heterocycles. The van der Waals surface area contributed by atoms with Crippen LogP contribution in [0.5, 0.6) is 0 Å². The van der Waals surface area contributed by atoms with Crippen molar-refractivity contribution in [2.24, 2.45) is 5.41 Å². The molecule has 0 amide bonds. The number of hydrogen-bond donors (Lipinski definition) is 1. The lowest BCUT2D eigenvalue weighted by molar-refractivity contribution is -0.0346. The largest absolute Gasteiger partial charge is 0.374 e. The van der Waals surface area contributed by atoms with Gasteiger partial charge >= 0.3 is 0 Å². The molecule has 1 aliphatic heterocycles. The summed E-state index contributed by atoms with van der Waals surface area (Å²) in [5.41, 5.74) is 0.464. The lowest BCUT2D eigenvalue weighted by Crippen LogP contribution is -2.35. The van der Waals surface area contributed by atoms with Crippen molar-refractivity contribution in [1.82, 2.24) is 25.0 Å². The minimum atomic E-state index is 0.131. The van der Waals surface area contributed by atoms with E-state index in [1.165, 1.54) is 19.3 Å². The van der Waals surface area contributed by atoms with Crippen LogP contribution in [0.4, 0.5) is 0 Å². The van der Waals surface area contributed by atoms with Crippen molar-refractivity contribution >= 4 is 0 Å². The van der Waals surface area contributed by atoms with E-state index >= 15 is 0 Å². The maximum atomic E-state index is 6.28. The number of aryl methyl sites for hydroxylation is 1. The molecule has 1 saturated carbocycles. The Bertz CT molecular complexity index is 574. The molecule has 0 unspecified atom stereocenters. The molecule has 6 nitrogen and oxygen atoms in total. The average Bonchev–Trinajstić information content (AvgIpc) is 3.07. The third-order valence-electron chi connectivity index (χ3n) is 5.89. The van der Waals surface area contributed by atoms with Crippen LogP contribution in [0.25, 0.3) is 0 Å². The highest BCUT2D eigenvalue weighted by atomic mass is 16.5. The summed E-state index contributed by atoms with van der Waals surface area (Å²) in [5.74, 6) is 2.15. The minimum absolute atomic E-state index is 0.131. The number of hydrogen-bond acceptors (Lipinski definition) is 5. The number of ether oxygens (including phenoxy) is 1. The molecule has 0 atom stereocenters. The molecule has 1 spiro atoms. The fourth-order valence-corrected chi connectivity index (χ4v) is 4.65. The van der Waals surface area contributed by atoms with Crippen LogP contribution in [0.1, 0.15) is 63.6 Å². The summed E-state index contributed by atoms with van der Waals surface area (Å²) in [6.07, 6.45) is 5.86. The van der Waals surface area contributed by atoms with Crippen molar-refractivity contribution in [2.75, 3.05) is 33.8 Å². The van der Waals surface area contributed by atoms with Gasteiger partial charge < -0.3 is 14.6 Å². The normalized spacial score (nSPS) is 29.0. The molecule has 2 aliphatic rings. The number of nitrogens with one attached hydrogen (secondary N) is 1. The first kappa shape index (κ1) is 18.8. The van der Waals surface area contributed by atoms with Gasteiger partial charge in [0, 0.05) is 19.1 Å². The van der Waals surface area contributed by atoms with E-state index < -0.39 is 0 Å². The van der Waals surface area contributed by atoms with Gasteiger partial charge in [-0.15, -0.1) is 10.2 Å². The van der Waals surface area contributed by atoms with E-state index in [4.69, 9.17) is 4.74 Å². The van der Waals surface area contributed by atoms with E-state index in [0.717, 1.165) is 50.7 Å². The Morgan fingerprint density at radius 1 is 1.28 bits per heavy atom. The van der Waals surface area contributed by atoms with Gasteiger partial charge in [0.1, 0.15) is 11.6 Å². The van der Waals surface area contributed by atoms with Gasteiger partial charge in [-0.05, 0) is 58.5 Å². The first-order valence-electron chi connectivity index (χ1n) is 9.72. The number of rotatable bonds is 6. The molecule has 142 valence electrons. The van der Waals surface area contributed by atoms with Crippen molar-refractivity contribution in [3.05, 3.63) is 11.6 Å². The summed E-state index contributed by atoms with van der Waals surface area (Å²) in [4.78, 5) is 2.31. The van der Waals surface area contributed by atoms with Crippen LogP contribution in [0.15, 0.2) is 0 Å². The molecule has 0 radical (unpaired) electrons. The van der Waals surface area contributed by atoms with Gasteiger partial charge in [0.15, 0.2) is 0 Å². The van der Waals surface area contributed by atoms with Crippen LogP contribution in [-0.4, -0.2) is 59.1 Å². The van der Waals surface area contributed by atoms with E-state index in [2.05, 4.69) is 52.8 Å². The van der Waals surface area contributed by atoms with E-state index in [1.807, 2.05) is 7.05 Å². The molecule has 1 aliphatic carbocycles. The summed E-state index contributed by atoms with van der Waals surface area (Å²) in [6.45, 7) is 10.5. The van der Waals surface area contributed by atoms with Gasteiger partial charge in [-0.3, -0.25) is 4.90 Å². The molecule has 2 heterocycles. The zero-order valence-electron chi connectivity index (χ0n) is 16.6. The fourth-order valence-electron chi connectivity index (χ4n) is 4.65. The van der Waals surface area contributed by atoms with Crippen LogP contribution in [0, 0.1) is 12.3 Å². The molecule has 1 aromatic heterocycles. The SMILES string of the molecule is CNCCN(C)Cc1nnc(C)n1[C@H]1CC[C@@]2(CC1)CC(C)(C)CO2. The monoisotopic (exact) mass is 349 g/mol. The van der Waals surface area contributed by atoms with Crippen molar-refractivity contribution in [3.8, 4) is 0 Å². The predicted molar refractivity (Wildman–Crippen MR) is 99.6 cm³/mol. The summed E-state index contributed by atoms with van der Waals surface area (Å²) >= 11 is 0. The fraction of sp³-hybridized carbons (Fsp3) is 0.895. The second-order valence-corrected chi connectivity index (χ2v) is 8.92. The number of aromatic nitrogens is 3. The highest BCUT2D eigenvalue weighted by Crippen LogP contribution is 2.49. The van der Waals surface area contributed by atoms with Gasteiger partial charge in [-0.25, -0.2) is 0 Å². The molecule has 6 heteroatoms. The molecule has 0 aromatic carbocycles. The molecule has 3 rings (SSSR count). The zero-order valence-corrected chi connectivity index (χ0v) is 16.6. The molecular formula is C19H35N5O. The maximum Gasteiger partial charge on any atom is 0.147 e. The average molecular weight is 350 g/mol. The van der Waals surface area contributed by atoms with Crippen LogP contribution in [0.3, 0.4) is 0 Å². The molecule has 1 N–H and O–H groups in total. The maximum absolute atomic E-state index is 6.28. The lowest BCUT2D eigenvalue weighted by Gasteiger charge is -2.38. The Hall–Kier alpha value is -0.980. The molecule has 25 heavy (non-hydrogen) atoms. The van der Waals surface area contributed by atoms with Gasteiger partial charge in [0.25, 0.3) is 0 Å². The summed E-state index contributed by atoms with van der Waals surface area (Å²) in [6, 6.07) is 0.514. The van der Waals surface area contributed by atoms with Gasteiger partial charge in [-0.1, -0.05) is 13.8 Å². The van der Waals surface area contributed by atoms with Crippen molar-refractivity contribution in [2.45, 2.75) is 71.1 Å². The molecular weight excluding hydrogens is 314 g/mol. The number of likely N-dealkylation sites (N-methyl/N-ethyl adjacent to an activating group) is 2. The second-order valence-electron chi connectivity index (χ2n) is 8.92. The Labute approximate surface area is 152 Å². The summed E-state index contributed by atoms with van der Waals surface area (Å²) < 4.78 is 8.67. The minimum Gasteiger partial charge on any atom is -0.374 e. The Kier molecular flexibility index (Phi) is 5.51. The standard InChI is InChI=1S/C19H35N5O/c1-15-21-22-17(12-23(5)11-10-20-4)24(15)16-6-8-19(9-7-16)13-18(2,3)14-25-19/h16,20H,6-14H2,1-5H3/t16-,19+. The first-order valence-corrected chi connectivity index (χ1v) is 9.72. The molecule has 2 fully saturated rings. The third kappa shape index (κ3) is 4.23. The second kappa shape index (κ2) is 7.33. The smallest absolute Gasteiger partial charge is 0.147 e. The first-order chi connectivity index (χ1) is 11.8. The zero-order chi connectivity index (χ0) is 18.1. The highest BCUT2D eigenvalue weighted by molar-refractivity contribution is 5.02. The lowest BCUT2D eigenvalue weighted by atomic mass is 9.75. The molecule has 0 bridgehead atoms. The van der Waals surface area contributed by atoms with Crippen LogP contribution >= 0.6 is 0 Å². The van der Waals surface area contributed by atoms with Gasteiger partial charge in [-0.2, -0.15) is 0 Å². The van der Waals surface area contributed by atoms with Gasteiger partial charge in [0.2, 0.25) is 0 Å². The third-order valence-corrected chi connectivity index (χ3v) is 5.89. The van der Waals surface area contributed by atoms with E-state index in [9.17, 15) is 0 Å². The van der Waals surface area contributed by atoms with E-state index in [1.54, 1.807) is 0 Å².